The molecule has 92 valence electrons. The molecule has 0 fully saturated rings. The van der Waals surface area contributed by atoms with Crippen LogP contribution in [-0.4, -0.2) is 15.3 Å². The highest BCUT2D eigenvalue weighted by Crippen LogP contribution is 2.24. The Labute approximate surface area is 110 Å². The van der Waals surface area contributed by atoms with Crippen molar-refractivity contribution in [1.29, 1.82) is 0 Å². The quantitative estimate of drug-likeness (QED) is 0.494. The summed E-state index contributed by atoms with van der Waals surface area (Å²) in [5.74, 6) is 0.220. The number of nitrogens with one attached hydrogen (secondary N) is 2. The summed E-state index contributed by atoms with van der Waals surface area (Å²) in [7, 11) is 0. The molecule has 0 radical (unpaired) electrons. The summed E-state index contributed by atoms with van der Waals surface area (Å²) in [6, 6.07) is 13.5. The maximum atomic E-state index is 9.58. The molecule has 4 N–H and O–H groups in total. The zero-order valence-corrected chi connectivity index (χ0v) is 10.2. The van der Waals surface area contributed by atoms with Gasteiger partial charge in [0.05, 0.1) is 11.4 Å². The molecule has 0 aliphatic heterocycles. The van der Waals surface area contributed by atoms with Crippen LogP contribution < -0.4 is 10.6 Å². The van der Waals surface area contributed by atoms with E-state index in [-0.39, 0.29) is 16.6 Å². The zero-order valence-electron chi connectivity index (χ0n) is 9.42. The minimum absolute atomic E-state index is 0.110. The zero-order chi connectivity index (χ0) is 13.0. The highest BCUT2D eigenvalue weighted by molar-refractivity contribution is 7.80. The second kappa shape index (κ2) is 5.37. The molecule has 0 amide bonds. The van der Waals surface area contributed by atoms with Gasteiger partial charge in [0.2, 0.25) is 0 Å². The first kappa shape index (κ1) is 12.2. The normalized spacial score (nSPS) is 9.78. The second-order valence-electron chi connectivity index (χ2n) is 3.61. The monoisotopic (exact) mass is 260 g/mol. The molecule has 0 heterocycles. The molecule has 0 unspecified atom stereocenters. The third-order valence-corrected chi connectivity index (χ3v) is 2.51. The molecule has 0 aliphatic carbocycles. The maximum Gasteiger partial charge on any atom is 0.175 e. The minimum Gasteiger partial charge on any atom is -0.506 e. The molecule has 0 spiro atoms. The highest BCUT2D eigenvalue weighted by atomic mass is 32.1. The van der Waals surface area contributed by atoms with E-state index in [0.717, 1.165) is 0 Å². The second-order valence-corrected chi connectivity index (χ2v) is 4.02. The van der Waals surface area contributed by atoms with Gasteiger partial charge in [0.25, 0.3) is 0 Å². The Bertz CT molecular complexity index is 523. The molecule has 0 bridgehead atoms. The largest absolute Gasteiger partial charge is 0.506 e. The van der Waals surface area contributed by atoms with E-state index < -0.39 is 0 Å². The minimum atomic E-state index is 0.110. The topological polar surface area (TPSA) is 64.5 Å². The molecule has 0 saturated carbocycles. The van der Waals surface area contributed by atoms with Crippen molar-refractivity contribution in [3.8, 4) is 11.5 Å². The van der Waals surface area contributed by atoms with E-state index in [0.29, 0.717) is 11.4 Å². The molecule has 2 aromatic carbocycles. The van der Waals surface area contributed by atoms with Crippen LogP contribution in [0.15, 0.2) is 48.5 Å². The van der Waals surface area contributed by atoms with E-state index in [9.17, 15) is 10.2 Å². The van der Waals surface area contributed by atoms with Gasteiger partial charge in [-0.25, -0.2) is 0 Å². The standard InChI is InChI=1S/C13H12N2O2S/c16-11-7-3-1-5-9(11)14-13(18)15-10-6-2-4-8-12(10)17/h1-8,16-17H,(H2,14,15,18). The smallest absolute Gasteiger partial charge is 0.175 e. The predicted molar refractivity (Wildman–Crippen MR) is 76.1 cm³/mol. The lowest BCUT2D eigenvalue weighted by atomic mass is 10.3. The molecular weight excluding hydrogens is 248 g/mol. The average Bonchev–Trinajstić information content (AvgIpc) is 2.35. The number of benzene rings is 2. The molecule has 5 heteroatoms. The number of phenols is 2. The summed E-state index contributed by atoms with van der Waals surface area (Å²) in [6.07, 6.45) is 0. The van der Waals surface area contributed by atoms with Crippen LogP contribution in [0.5, 0.6) is 11.5 Å². The number of para-hydroxylation sites is 4. The average molecular weight is 260 g/mol. The molecular formula is C13H12N2O2S. The highest BCUT2D eigenvalue weighted by Gasteiger charge is 2.04. The summed E-state index contributed by atoms with van der Waals surface area (Å²) < 4.78 is 0. The van der Waals surface area contributed by atoms with E-state index in [4.69, 9.17) is 12.2 Å². The van der Waals surface area contributed by atoms with Crippen LogP contribution in [0, 0.1) is 0 Å². The first-order valence-electron chi connectivity index (χ1n) is 5.31. The van der Waals surface area contributed by atoms with Crippen molar-refractivity contribution in [3.63, 3.8) is 0 Å². The molecule has 0 aromatic heterocycles. The predicted octanol–water partition coefficient (Wildman–Crippen LogP) is 2.91. The molecule has 4 nitrogen and oxygen atoms in total. The molecule has 0 saturated heterocycles. The Hall–Kier alpha value is -2.27. The van der Waals surface area contributed by atoms with E-state index in [2.05, 4.69) is 10.6 Å². The lowest BCUT2D eigenvalue weighted by Gasteiger charge is -2.12. The van der Waals surface area contributed by atoms with Crippen LogP contribution in [0.2, 0.25) is 0 Å². The molecule has 2 aromatic rings. The number of phenolic OH excluding ortho intramolecular Hbond substituents is 2. The molecule has 0 aliphatic rings. The number of aromatic hydroxyl groups is 2. The Kier molecular flexibility index (Phi) is 3.64. The Morgan fingerprint density at radius 3 is 1.56 bits per heavy atom. The summed E-state index contributed by atoms with van der Waals surface area (Å²) in [5.41, 5.74) is 1.01. The van der Waals surface area contributed by atoms with E-state index in [1.54, 1.807) is 48.5 Å². The fraction of sp³-hybridized carbons (Fsp3) is 0. The maximum absolute atomic E-state index is 9.58. The SMILES string of the molecule is Oc1ccccc1NC(=S)Nc1ccccc1O. The van der Waals surface area contributed by atoms with E-state index in [1.807, 2.05) is 0 Å². The van der Waals surface area contributed by atoms with Gasteiger partial charge >= 0.3 is 0 Å². The van der Waals surface area contributed by atoms with Gasteiger partial charge in [-0.1, -0.05) is 24.3 Å². The van der Waals surface area contributed by atoms with Gasteiger partial charge in [-0.2, -0.15) is 0 Å². The lowest BCUT2D eigenvalue weighted by molar-refractivity contribution is 0.478. The van der Waals surface area contributed by atoms with E-state index in [1.165, 1.54) is 0 Å². The third-order valence-electron chi connectivity index (χ3n) is 2.30. The summed E-state index contributed by atoms with van der Waals surface area (Å²) in [5, 5.41) is 25.1. The molecule has 2 rings (SSSR count). The van der Waals surface area contributed by atoms with Crippen LogP contribution >= 0.6 is 12.2 Å². The Morgan fingerprint density at radius 2 is 1.17 bits per heavy atom. The van der Waals surface area contributed by atoms with Crippen molar-refractivity contribution in [2.75, 3.05) is 10.6 Å². The number of anilines is 2. The Morgan fingerprint density at radius 1 is 0.778 bits per heavy atom. The summed E-state index contributed by atoms with van der Waals surface area (Å²) in [4.78, 5) is 0. The van der Waals surface area contributed by atoms with Crippen molar-refractivity contribution in [1.82, 2.24) is 0 Å². The van der Waals surface area contributed by atoms with Crippen LogP contribution in [0.3, 0.4) is 0 Å². The Balaban J connectivity index is 2.06. The van der Waals surface area contributed by atoms with Gasteiger partial charge in [0.15, 0.2) is 5.11 Å². The van der Waals surface area contributed by atoms with E-state index >= 15 is 0 Å². The molecule has 0 atom stereocenters. The van der Waals surface area contributed by atoms with Crippen LogP contribution in [-0.2, 0) is 0 Å². The fourth-order valence-electron chi connectivity index (χ4n) is 1.43. The van der Waals surface area contributed by atoms with Crippen molar-refractivity contribution in [2.24, 2.45) is 0 Å². The van der Waals surface area contributed by atoms with Crippen LogP contribution in [0.1, 0.15) is 0 Å². The van der Waals surface area contributed by atoms with Gasteiger partial charge < -0.3 is 20.8 Å². The van der Waals surface area contributed by atoms with Gasteiger partial charge in [-0.3, -0.25) is 0 Å². The van der Waals surface area contributed by atoms with Gasteiger partial charge in [-0.15, -0.1) is 0 Å². The number of hydrogen-bond acceptors (Lipinski definition) is 3. The number of rotatable bonds is 2. The van der Waals surface area contributed by atoms with Crippen molar-refractivity contribution >= 4 is 28.7 Å². The lowest BCUT2D eigenvalue weighted by Crippen LogP contribution is -2.19. The number of hydrogen-bond donors (Lipinski definition) is 4. The van der Waals surface area contributed by atoms with Crippen molar-refractivity contribution < 1.29 is 10.2 Å². The summed E-state index contributed by atoms with van der Waals surface area (Å²) in [6.45, 7) is 0. The first-order valence-corrected chi connectivity index (χ1v) is 5.71. The van der Waals surface area contributed by atoms with Crippen molar-refractivity contribution in [3.05, 3.63) is 48.5 Å². The van der Waals surface area contributed by atoms with Gasteiger partial charge in [0.1, 0.15) is 11.5 Å². The third kappa shape index (κ3) is 2.89. The van der Waals surface area contributed by atoms with Gasteiger partial charge in [-0.05, 0) is 36.5 Å². The fourth-order valence-corrected chi connectivity index (χ4v) is 1.65. The number of thiocarbonyl (C=S) groups is 1. The van der Waals surface area contributed by atoms with Crippen LogP contribution in [0.25, 0.3) is 0 Å². The summed E-state index contributed by atoms with van der Waals surface area (Å²) >= 11 is 5.09. The molecule has 18 heavy (non-hydrogen) atoms. The van der Waals surface area contributed by atoms with Crippen LogP contribution in [0.4, 0.5) is 11.4 Å². The van der Waals surface area contributed by atoms with Gasteiger partial charge in [0, 0.05) is 0 Å². The first-order chi connectivity index (χ1) is 8.66. The van der Waals surface area contributed by atoms with Crippen molar-refractivity contribution in [2.45, 2.75) is 0 Å².